The summed E-state index contributed by atoms with van der Waals surface area (Å²) in [6, 6.07) is 10.4. The van der Waals surface area contributed by atoms with E-state index in [0.29, 0.717) is 35.7 Å². The van der Waals surface area contributed by atoms with Crippen LogP contribution in [0.3, 0.4) is 0 Å². The van der Waals surface area contributed by atoms with Crippen LogP contribution in [0.15, 0.2) is 36.4 Å². The van der Waals surface area contributed by atoms with Gasteiger partial charge in [0.1, 0.15) is 17.3 Å². The number of nitrogens with one attached hydrogen (secondary N) is 1. The van der Waals surface area contributed by atoms with E-state index in [2.05, 4.69) is 5.32 Å². The number of aliphatic hydroxyl groups excluding tert-OH is 1. The molecule has 0 fully saturated rings. The Labute approximate surface area is 135 Å². The van der Waals surface area contributed by atoms with Gasteiger partial charge in [0.15, 0.2) is 0 Å². The first-order chi connectivity index (χ1) is 11.0. The molecule has 124 valence electrons. The van der Waals surface area contributed by atoms with E-state index in [1.54, 1.807) is 45.4 Å². The van der Waals surface area contributed by atoms with E-state index in [4.69, 9.17) is 9.47 Å². The van der Waals surface area contributed by atoms with Gasteiger partial charge in [0, 0.05) is 19.2 Å². The predicted octanol–water partition coefficient (Wildman–Crippen LogP) is 2.97. The highest BCUT2D eigenvalue weighted by atomic mass is 19.1. The van der Waals surface area contributed by atoms with Crippen molar-refractivity contribution < 1.29 is 19.0 Å². The Kier molecular flexibility index (Phi) is 5.96. The van der Waals surface area contributed by atoms with Gasteiger partial charge in [-0.25, -0.2) is 4.39 Å². The molecule has 4 nitrogen and oxygen atoms in total. The fourth-order valence-electron chi connectivity index (χ4n) is 2.24. The highest BCUT2D eigenvalue weighted by molar-refractivity contribution is 5.39. The van der Waals surface area contributed by atoms with Crippen LogP contribution in [0, 0.1) is 12.7 Å². The van der Waals surface area contributed by atoms with Crippen LogP contribution in [-0.2, 0) is 6.54 Å². The van der Waals surface area contributed by atoms with Gasteiger partial charge in [0.25, 0.3) is 0 Å². The molecule has 0 bridgehead atoms. The summed E-state index contributed by atoms with van der Waals surface area (Å²) >= 11 is 0. The first kappa shape index (κ1) is 17.2. The van der Waals surface area contributed by atoms with E-state index in [-0.39, 0.29) is 5.82 Å². The molecule has 1 atom stereocenters. The van der Waals surface area contributed by atoms with Crippen molar-refractivity contribution in [3.63, 3.8) is 0 Å². The van der Waals surface area contributed by atoms with Crippen LogP contribution in [0.4, 0.5) is 4.39 Å². The summed E-state index contributed by atoms with van der Waals surface area (Å²) in [5, 5.41) is 13.4. The summed E-state index contributed by atoms with van der Waals surface area (Å²) in [7, 11) is 3.13. The number of benzene rings is 2. The number of hydrogen-bond donors (Lipinski definition) is 2. The van der Waals surface area contributed by atoms with E-state index in [1.807, 2.05) is 6.07 Å². The average Bonchev–Trinajstić information content (AvgIpc) is 2.57. The van der Waals surface area contributed by atoms with Crippen LogP contribution in [0.2, 0.25) is 0 Å². The highest BCUT2D eigenvalue weighted by Gasteiger charge is 2.11. The standard InChI is InChI=1S/C18H22FNO3/c1-12-4-5-13(6-17(12)19)10-20-11-18(21)14-7-15(22-2)9-16(8-14)23-3/h4-9,18,20-21H,10-11H2,1-3H3. The zero-order valence-electron chi connectivity index (χ0n) is 13.6. The van der Waals surface area contributed by atoms with Gasteiger partial charge in [0.05, 0.1) is 20.3 Å². The van der Waals surface area contributed by atoms with Crippen molar-refractivity contribution in [2.75, 3.05) is 20.8 Å². The molecule has 2 aromatic rings. The third-order valence-corrected chi connectivity index (χ3v) is 3.66. The van der Waals surface area contributed by atoms with E-state index >= 15 is 0 Å². The Balaban J connectivity index is 1.96. The molecule has 0 amide bonds. The molecule has 23 heavy (non-hydrogen) atoms. The van der Waals surface area contributed by atoms with Gasteiger partial charge in [0.2, 0.25) is 0 Å². The lowest BCUT2D eigenvalue weighted by Gasteiger charge is -2.15. The topological polar surface area (TPSA) is 50.7 Å². The lowest BCUT2D eigenvalue weighted by atomic mass is 10.1. The van der Waals surface area contributed by atoms with Crippen molar-refractivity contribution in [2.45, 2.75) is 19.6 Å². The predicted molar refractivity (Wildman–Crippen MR) is 87.3 cm³/mol. The maximum atomic E-state index is 13.5. The molecule has 0 aromatic heterocycles. The SMILES string of the molecule is COc1cc(OC)cc(C(O)CNCc2ccc(C)c(F)c2)c1. The van der Waals surface area contributed by atoms with E-state index in [1.165, 1.54) is 6.07 Å². The largest absolute Gasteiger partial charge is 0.497 e. The lowest BCUT2D eigenvalue weighted by molar-refractivity contribution is 0.173. The Hall–Kier alpha value is -2.11. The quantitative estimate of drug-likeness (QED) is 0.824. The maximum Gasteiger partial charge on any atom is 0.126 e. The van der Waals surface area contributed by atoms with Crippen LogP contribution in [0.25, 0.3) is 0 Å². The zero-order valence-corrected chi connectivity index (χ0v) is 13.6. The number of hydrogen-bond acceptors (Lipinski definition) is 4. The Morgan fingerprint density at radius 2 is 1.74 bits per heavy atom. The minimum atomic E-state index is -0.714. The van der Waals surface area contributed by atoms with E-state index in [9.17, 15) is 9.50 Å². The fourth-order valence-corrected chi connectivity index (χ4v) is 2.24. The summed E-state index contributed by atoms with van der Waals surface area (Å²) in [4.78, 5) is 0. The molecule has 1 unspecified atom stereocenters. The first-order valence-electron chi connectivity index (χ1n) is 7.40. The number of halogens is 1. The summed E-state index contributed by atoms with van der Waals surface area (Å²) in [5.41, 5.74) is 2.16. The van der Waals surface area contributed by atoms with Gasteiger partial charge in [-0.2, -0.15) is 0 Å². The van der Waals surface area contributed by atoms with Gasteiger partial charge >= 0.3 is 0 Å². The third-order valence-electron chi connectivity index (χ3n) is 3.66. The van der Waals surface area contributed by atoms with Crippen molar-refractivity contribution in [2.24, 2.45) is 0 Å². The Morgan fingerprint density at radius 1 is 1.09 bits per heavy atom. The highest BCUT2D eigenvalue weighted by Crippen LogP contribution is 2.26. The van der Waals surface area contributed by atoms with Gasteiger partial charge in [-0.3, -0.25) is 0 Å². The normalized spacial score (nSPS) is 12.0. The van der Waals surface area contributed by atoms with Crippen molar-refractivity contribution in [3.8, 4) is 11.5 Å². The zero-order chi connectivity index (χ0) is 16.8. The van der Waals surface area contributed by atoms with Crippen LogP contribution in [0.5, 0.6) is 11.5 Å². The minimum absolute atomic E-state index is 0.220. The lowest BCUT2D eigenvalue weighted by Crippen LogP contribution is -2.21. The average molecular weight is 319 g/mol. The fraction of sp³-hybridized carbons (Fsp3) is 0.333. The van der Waals surface area contributed by atoms with E-state index < -0.39 is 6.10 Å². The van der Waals surface area contributed by atoms with Crippen molar-refractivity contribution in [1.29, 1.82) is 0 Å². The van der Waals surface area contributed by atoms with Crippen LogP contribution in [0.1, 0.15) is 22.8 Å². The molecule has 0 aliphatic rings. The second-order valence-corrected chi connectivity index (χ2v) is 5.38. The Bertz CT molecular complexity index is 638. The van der Waals surface area contributed by atoms with E-state index in [0.717, 1.165) is 5.56 Å². The first-order valence-corrected chi connectivity index (χ1v) is 7.40. The summed E-state index contributed by atoms with van der Waals surface area (Å²) < 4.78 is 23.9. The molecule has 2 aromatic carbocycles. The maximum absolute atomic E-state index is 13.5. The summed E-state index contributed by atoms with van der Waals surface area (Å²) in [6.45, 7) is 2.55. The van der Waals surface area contributed by atoms with Crippen LogP contribution >= 0.6 is 0 Å². The minimum Gasteiger partial charge on any atom is -0.497 e. The monoisotopic (exact) mass is 319 g/mol. The van der Waals surface area contributed by atoms with Crippen LogP contribution in [-0.4, -0.2) is 25.9 Å². The number of aryl methyl sites for hydroxylation is 1. The van der Waals surface area contributed by atoms with Gasteiger partial charge in [-0.15, -0.1) is 0 Å². The Morgan fingerprint density at radius 3 is 2.30 bits per heavy atom. The van der Waals surface area contributed by atoms with Gasteiger partial charge < -0.3 is 19.9 Å². The molecule has 0 radical (unpaired) electrons. The van der Waals surface area contributed by atoms with Crippen molar-refractivity contribution in [1.82, 2.24) is 5.32 Å². The van der Waals surface area contributed by atoms with Crippen LogP contribution < -0.4 is 14.8 Å². The smallest absolute Gasteiger partial charge is 0.126 e. The van der Waals surface area contributed by atoms with Crippen molar-refractivity contribution in [3.05, 3.63) is 58.9 Å². The molecule has 0 aliphatic heterocycles. The molecule has 5 heteroatoms. The second-order valence-electron chi connectivity index (χ2n) is 5.38. The molecule has 0 heterocycles. The molecule has 0 spiro atoms. The number of methoxy groups -OCH3 is 2. The second kappa shape index (κ2) is 7.94. The molecular weight excluding hydrogens is 297 g/mol. The van der Waals surface area contributed by atoms with Gasteiger partial charge in [-0.1, -0.05) is 12.1 Å². The molecule has 0 saturated heterocycles. The number of ether oxygens (including phenoxy) is 2. The molecule has 2 N–H and O–H groups in total. The summed E-state index contributed by atoms with van der Waals surface area (Å²) in [5.74, 6) is 1.03. The molecular formula is C18H22FNO3. The number of rotatable bonds is 7. The molecule has 2 rings (SSSR count). The molecule has 0 saturated carbocycles. The third kappa shape index (κ3) is 4.68. The van der Waals surface area contributed by atoms with Gasteiger partial charge in [-0.05, 0) is 41.8 Å². The number of aliphatic hydroxyl groups is 1. The molecule has 0 aliphatic carbocycles. The summed E-state index contributed by atoms with van der Waals surface area (Å²) in [6.07, 6.45) is -0.714. The van der Waals surface area contributed by atoms with Crippen molar-refractivity contribution >= 4 is 0 Å².